The first-order valence-corrected chi connectivity index (χ1v) is 7.68. The van der Waals surface area contributed by atoms with Crippen molar-refractivity contribution in [1.82, 2.24) is 15.1 Å². The SMILES string of the molecule is CCn1cc(C(=O)NC(CCO)C2CCCCC2)cn1. The predicted octanol–water partition coefficient (Wildman–Crippen LogP) is 1.96. The smallest absolute Gasteiger partial charge is 0.254 e. The Bertz CT molecular complexity index is 425. The topological polar surface area (TPSA) is 67.2 Å². The molecule has 5 nitrogen and oxygen atoms in total. The van der Waals surface area contributed by atoms with Crippen molar-refractivity contribution in [2.45, 2.75) is 58.0 Å². The third kappa shape index (κ3) is 3.82. The van der Waals surface area contributed by atoms with Gasteiger partial charge >= 0.3 is 0 Å². The molecule has 1 fully saturated rings. The molecular formula is C15H25N3O2. The highest BCUT2D eigenvalue weighted by Crippen LogP contribution is 2.27. The summed E-state index contributed by atoms with van der Waals surface area (Å²) < 4.78 is 1.75. The third-order valence-corrected chi connectivity index (χ3v) is 4.19. The molecule has 5 heteroatoms. The summed E-state index contributed by atoms with van der Waals surface area (Å²) in [5.74, 6) is 0.426. The standard InChI is InChI=1S/C15H25N3O2/c1-2-18-11-13(10-16-18)15(20)17-14(8-9-19)12-6-4-3-5-7-12/h10-12,14,19H,2-9H2,1H3,(H,17,20). The second-order valence-electron chi connectivity index (χ2n) is 5.58. The fourth-order valence-electron chi connectivity index (χ4n) is 3.01. The summed E-state index contributed by atoms with van der Waals surface area (Å²) in [7, 11) is 0. The molecule has 1 heterocycles. The van der Waals surface area contributed by atoms with Crippen LogP contribution in [0.4, 0.5) is 0 Å². The summed E-state index contributed by atoms with van der Waals surface area (Å²) in [6.45, 7) is 2.87. The highest BCUT2D eigenvalue weighted by Gasteiger charge is 2.25. The first kappa shape index (κ1) is 15.0. The van der Waals surface area contributed by atoms with Gasteiger partial charge in [-0.2, -0.15) is 5.10 Å². The van der Waals surface area contributed by atoms with Gasteiger partial charge in [0.15, 0.2) is 0 Å². The molecule has 1 aliphatic carbocycles. The number of carbonyl (C=O) groups excluding carboxylic acids is 1. The molecule has 2 rings (SSSR count). The first-order valence-electron chi connectivity index (χ1n) is 7.68. The number of rotatable bonds is 6. The van der Waals surface area contributed by atoms with Gasteiger partial charge in [0, 0.05) is 25.4 Å². The lowest BCUT2D eigenvalue weighted by Crippen LogP contribution is -2.41. The van der Waals surface area contributed by atoms with E-state index in [0.29, 0.717) is 17.9 Å². The Labute approximate surface area is 120 Å². The zero-order valence-electron chi connectivity index (χ0n) is 12.2. The van der Waals surface area contributed by atoms with E-state index in [1.54, 1.807) is 17.1 Å². The lowest BCUT2D eigenvalue weighted by atomic mass is 9.82. The van der Waals surface area contributed by atoms with Crippen LogP contribution in [0.5, 0.6) is 0 Å². The van der Waals surface area contributed by atoms with Crippen LogP contribution in [0.2, 0.25) is 0 Å². The maximum absolute atomic E-state index is 12.3. The van der Waals surface area contributed by atoms with Gasteiger partial charge in [-0.15, -0.1) is 0 Å². The van der Waals surface area contributed by atoms with Crippen LogP contribution in [0.1, 0.15) is 55.8 Å². The van der Waals surface area contributed by atoms with Crippen molar-refractivity contribution >= 4 is 5.91 Å². The Morgan fingerprint density at radius 3 is 2.85 bits per heavy atom. The molecule has 1 atom stereocenters. The first-order chi connectivity index (χ1) is 9.74. The van der Waals surface area contributed by atoms with Crippen LogP contribution in [-0.4, -0.2) is 33.4 Å². The number of hydrogen-bond acceptors (Lipinski definition) is 3. The minimum absolute atomic E-state index is 0.0753. The summed E-state index contributed by atoms with van der Waals surface area (Å²) in [6.07, 6.45) is 10.1. The zero-order chi connectivity index (χ0) is 14.4. The number of aliphatic hydroxyl groups excluding tert-OH is 1. The van der Waals surface area contributed by atoms with Gasteiger partial charge in [0.25, 0.3) is 5.91 Å². The minimum atomic E-state index is -0.0753. The van der Waals surface area contributed by atoms with E-state index in [-0.39, 0.29) is 18.6 Å². The fourth-order valence-corrected chi connectivity index (χ4v) is 3.01. The molecule has 0 spiro atoms. The third-order valence-electron chi connectivity index (χ3n) is 4.19. The second kappa shape index (κ2) is 7.43. The molecule has 112 valence electrons. The zero-order valence-corrected chi connectivity index (χ0v) is 12.2. The van der Waals surface area contributed by atoms with Crippen LogP contribution >= 0.6 is 0 Å². The van der Waals surface area contributed by atoms with Crippen LogP contribution < -0.4 is 5.32 Å². The Kier molecular flexibility index (Phi) is 5.59. The molecule has 1 aromatic rings. The molecule has 1 aliphatic rings. The summed E-state index contributed by atoms with van der Waals surface area (Å²) >= 11 is 0. The maximum atomic E-state index is 12.3. The maximum Gasteiger partial charge on any atom is 0.254 e. The van der Waals surface area contributed by atoms with Crippen molar-refractivity contribution in [3.05, 3.63) is 18.0 Å². The van der Waals surface area contributed by atoms with Crippen LogP contribution in [0.3, 0.4) is 0 Å². The van der Waals surface area contributed by atoms with Crippen LogP contribution in [0.15, 0.2) is 12.4 Å². The molecule has 0 saturated heterocycles. The molecule has 20 heavy (non-hydrogen) atoms. The van der Waals surface area contributed by atoms with E-state index in [9.17, 15) is 9.90 Å². The Balaban J connectivity index is 1.97. The van der Waals surface area contributed by atoms with E-state index < -0.39 is 0 Å². The monoisotopic (exact) mass is 279 g/mol. The summed E-state index contributed by atoms with van der Waals surface area (Å²) in [6, 6.07) is 0.0813. The number of nitrogens with zero attached hydrogens (tertiary/aromatic N) is 2. The van der Waals surface area contributed by atoms with E-state index in [4.69, 9.17) is 0 Å². The molecular weight excluding hydrogens is 254 g/mol. The predicted molar refractivity (Wildman–Crippen MR) is 77.4 cm³/mol. The minimum Gasteiger partial charge on any atom is -0.396 e. The van der Waals surface area contributed by atoms with Crippen molar-refractivity contribution in [1.29, 1.82) is 0 Å². The highest BCUT2D eigenvalue weighted by atomic mass is 16.3. The molecule has 1 amide bonds. The number of carbonyl (C=O) groups is 1. The van der Waals surface area contributed by atoms with Crippen molar-refractivity contribution in [3.8, 4) is 0 Å². The Morgan fingerprint density at radius 2 is 2.25 bits per heavy atom. The Hall–Kier alpha value is -1.36. The largest absolute Gasteiger partial charge is 0.396 e. The van der Waals surface area contributed by atoms with E-state index in [2.05, 4.69) is 10.4 Å². The quantitative estimate of drug-likeness (QED) is 0.836. The van der Waals surface area contributed by atoms with Crippen LogP contribution in [0.25, 0.3) is 0 Å². The van der Waals surface area contributed by atoms with E-state index in [1.807, 2.05) is 6.92 Å². The number of nitrogens with one attached hydrogen (secondary N) is 1. The van der Waals surface area contributed by atoms with Gasteiger partial charge in [-0.05, 0) is 32.1 Å². The van der Waals surface area contributed by atoms with Gasteiger partial charge in [0.05, 0.1) is 11.8 Å². The van der Waals surface area contributed by atoms with E-state index in [1.165, 1.54) is 19.3 Å². The average Bonchev–Trinajstić information content (AvgIpc) is 2.97. The van der Waals surface area contributed by atoms with Gasteiger partial charge in [-0.25, -0.2) is 0 Å². The average molecular weight is 279 g/mol. The van der Waals surface area contributed by atoms with Gasteiger partial charge in [-0.3, -0.25) is 9.48 Å². The molecule has 0 radical (unpaired) electrons. The number of amides is 1. The van der Waals surface area contributed by atoms with Crippen LogP contribution in [-0.2, 0) is 6.54 Å². The molecule has 2 N–H and O–H groups in total. The number of hydrogen-bond donors (Lipinski definition) is 2. The van der Waals surface area contributed by atoms with Gasteiger partial charge in [-0.1, -0.05) is 19.3 Å². The summed E-state index contributed by atoms with van der Waals surface area (Å²) in [5.41, 5.74) is 0.602. The van der Waals surface area contributed by atoms with Gasteiger partial charge in [0.1, 0.15) is 0 Å². The van der Waals surface area contributed by atoms with Crippen LogP contribution in [0, 0.1) is 5.92 Å². The van der Waals surface area contributed by atoms with Crippen molar-refractivity contribution in [2.24, 2.45) is 5.92 Å². The molecule has 1 aromatic heterocycles. The molecule has 0 aliphatic heterocycles. The van der Waals surface area contributed by atoms with Crippen molar-refractivity contribution in [2.75, 3.05) is 6.61 Å². The number of aromatic nitrogens is 2. The highest BCUT2D eigenvalue weighted by molar-refractivity contribution is 5.93. The van der Waals surface area contributed by atoms with E-state index in [0.717, 1.165) is 19.4 Å². The number of aryl methyl sites for hydroxylation is 1. The second-order valence-corrected chi connectivity index (χ2v) is 5.58. The van der Waals surface area contributed by atoms with E-state index >= 15 is 0 Å². The molecule has 0 bridgehead atoms. The lowest BCUT2D eigenvalue weighted by molar-refractivity contribution is 0.0899. The van der Waals surface area contributed by atoms with Gasteiger partial charge in [0.2, 0.25) is 0 Å². The fraction of sp³-hybridized carbons (Fsp3) is 0.733. The number of aliphatic hydroxyl groups is 1. The van der Waals surface area contributed by atoms with Crippen molar-refractivity contribution in [3.63, 3.8) is 0 Å². The lowest BCUT2D eigenvalue weighted by Gasteiger charge is -2.30. The summed E-state index contributed by atoms with van der Waals surface area (Å²) in [5, 5.41) is 16.4. The molecule has 0 aromatic carbocycles. The normalized spacial score (nSPS) is 17.9. The Morgan fingerprint density at radius 1 is 1.50 bits per heavy atom. The van der Waals surface area contributed by atoms with Gasteiger partial charge < -0.3 is 10.4 Å². The molecule has 1 unspecified atom stereocenters. The summed E-state index contributed by atoms with van der Waals surface area (Å²) in [4.78, 5) is 12.3. The van der Waals surface area contributed by atoms with Crippen molar-refractivity contribution < 1.29 is 9.90 Å². The molecule has 1 saturated carbocycles.